The number of hydrogen-bond acceptors (Lipinski definition) is 10. The van der Waals surface area contributed by atoms with Gasteiger partial charge in [0.15, 0.2) is 12.6 Å². The van der Waals surface area contributed by atoms with Gasteiger partial charge in [0.05, 0.1) is 18.6 Å². The van der Waals surface area contributed by atoms with Gasteiger partial charge in [0.1, 0.15) is 41.4 Å². The second kappa shape index (κ2) is 6.15. The molecule has 5 N–H and O–H groups in total. The van der Waals surface area contributed by atoms with Crippen LogP contribution < -0.4 is 0 Å². The van der Waals surface area contributed by atoms with Crippen molar-refractivity contribution in [3.8, 4) is 0 Å². The molecule has 5 aliphatic rings. The van der Waals surface area contributed by atoms with Crippen LogP contribution in [0, 0.1) is 11.3 Å². The lowest BCUT2D eigenvalue weighted by atomic mass is 9.41. The summed E-state index contributed by atoms with van der Waals surface area (Å²) in [6, 6.07) is 0. The van der Waals surface area contributed by atoms with Gasteiger partial charge >= 0.3 is 0 Å². The van der Waals surface area contributed by atoms with Gasteiger partial charge in [-0.3, -0.25) is 4.79 Å². The van der Waals surface area contributed by atoms with E-state index < -0.39 is 72.7 Å². The SMILES string of the molecule is COC1O[C@@]2(C)CC(=O)[C@@H]3C[C@]2(O[C@@H]2O[C@H](CO)[C@@H](O)[C@H](O)[C@H]2O)[C@]13CO. The van der Waals surface area contributed by atoms with Crippen molar-refractivity contribution < 1.29 is 49.3 Å². The van der Waals surface area contributed by atoms with Gasteiger partial charge in [-0.2, -0.15) is 0 Å². The molecule has 27 heavy (non-hydrogen) atoms. The van der Waals surface area contributed by atoms with Crippen LogP contribution in [0.3, 0.4) is 0 Å². The van der Waals surface area contributed by atoms with Crippen molar-refractivity contribution in [2.45, 2.75) is 68.0 Å². The van der Waals surface area contributed by atoms with Crippen molar-refractivity contribution in [1.29, 1.82) is 0 Å². The molecule has 3 aliphatic carbocycles. The van der Waals surface area contributed by atoms with E-state index in [1.54, 1.807) is 6.92 Å². The molecule has 0 spiro atoms. The molecule has 1 unspecified atom stereocenters. The first kappa shape index (κ1) is 19.6. The predicted octanol–water partition coefficient (Wildman–Crippen LogP) is -2.73. The third-order valence-electron chi connectivity index (χ3n) is 7.05. The summed E-state index contributed by atoms with van der Waals surface area (Å²) in [6.07, 6.45) is -7.79. The maximum atomic E-state index is 12.5. The lowest BCUT2D eigenvalue weighted by molar-refractivity contribution is -0.382. The molecule has 2 aliphatic heterocycles. The zero-order valence-electron chi connectivity index (χ0n) is 15.1. The second-order valence-corrected chi connectivity index (χ2v) is 8.16. The maximum absolute atomic E-state index is 12.5. The van der Waals surface area contributed by atoms with Crippen molar-refractivity contribution in [2.24, 2.45) is 11.3 Å². The smallest absolute Gasteiger partial charge is 0.187 e. The Morgan fingerprint density at radius 1 is 1.19 bits per heavy atom. The summed E-state index contributed by atoms with van der Waals surface area (Å²) < 4.78 is 23.0. The van der Waals surface area contributed by atoms with Gasteiger partial charge < -0.3 is 44.5 Å². The third kappa shape index (κ3) is 2.13. The Kier molecular flexibility index (Phi) is 4.47. The minimum absolute atomic E-state index is 0.0506. The highest BCUT2D eigenvalue weighted by molar-refractivity contribution is 5.88. The summed E-state index contributed by atoms with van der Waals surface area (Å²) in [7, 11) is 1.41. The first-order valence-corrected chi connectivity index (χ1v) is 9.04. The van der Waals surface area contributed by atoms with Gasteiger partial charge in [0.25, 0.3) is 0 Å². The average molecular weight is 390 g/mol. The molecule has 5 rings (SSSR count). The van der Waals surface area contributed by atoms with Crippen molar-refractivity contribution in [3.63, 3.8) is 0 Å². The summed E-state index contributed by atoms with van der Waals surface area (Å²) >= 11 is 0. The van der Waals surface area contributed by atoms with E-state index >= 15 is 0 Å². The number of hydrogen-bond donors (Lipinski definition) is 5. The van der Waals surface area contributed by atoms with Crippen LogP contribution >= 0.6 is 0 Å². The first-order chi connectivity index (χ1) is 12.7. The van der Waals surface area contributed by atoms with Crippen LogP contribution in [0.1, 0.15) is 19.8 Å². The van der Waals surface area contributed by atoms with Crippen LogP contribution in [0.5, 0.6) is 0 Å². The van der Waals surface area contributed by atoms with Crippen molar-refractivity contribution in [1.82, 2.24) is 0 Å². The molecular formula is C17H26O10. The largest absolute Gasteiger partial charge is 0.395 e. The van der Waals surface area contributed by atoms with Gasteiger partial charge in [-0.25, -0.2) is 0 Å². The monoisotopic (exact) mass is 390 g/mol. The van der Waals surface area contributed by atoms with Crippen LogP contribution in [0.25, 0.3) is 0 Å². The van der Waals surface area contributed by atoms with E-state index in [-0.39, 0.29) is 18.6 Å². The molecule has 0 aromatic carbocycles. The minimum Gasteiger partial charge on any atom is -0.395 e. The number of methoxy groups -OCH3 is 1. The molecular weight excluding hydrogens is 364 g/mol. The lowest BCUT2D eigenvalue weighted by Crippen LogP contribution is -2.80. The second-order valence-electron chi connectivity index (χ2n) is 8.16. The fourth-order valence-electron chi connectivity index (χ4n) is 5.57. The first-order valence-electron chi connectivity index (χ1n) is 9.04. The van der Waals surface area contributed by atoms with E-state index in [1.807, 2.05) is 0 Å². The molecule has 3 saturated carbocycles. The predicted molar refractivity (Wildman–Crippen MR) is 85.1 cm³/mol. The van der Waals surface area contributed by atoms with Crippen LogP contribution in [-0.4, -0.2) is 99.8 Å². The summed E-state index contributed by atoms with van der Waals surface area (Å²) in [6.45, 7) is 0.668. The van der Waals surface area contributed by atoms with Gasteiger partial charge in [-0.15, -0.1) is 0 Å². The van der Waals surface area contributed by atoms with E-state index in [0.717, 1.165) is 0 Å². The number of Topliss-reactive ketones (excluding diaryl/α,β-unsaturated/α-hetero) is 1. The summed E-state index contributed by atoms with van der Waals surface area (Å²) in [4.78, 5) is 12.5. The minimum atomic E-state index is -1.59. The van der Waals surface area contributed by atoms with Gasteiger partial charge in [0, 0.05) is 19.4 Å². The van der Waals surface area contributed by atoms with Crippen molar-refractivity contribution in [2.75, 3.05) is 20.3 Å². The molecule has 10 nitrogen and oxygen atoms in total. The molecule has 2 saturated heterocycles. The Morgan fingerprint density at radius 3 is 2.48 bits per heavy atom. The van der Waals surface area contributed by atoms with E-state index in [1.165, 1.54) is 7.11 Å². The Morgan fingerprint density at radius 2 is 1.89 bits per heavy atom. The molecule has 10 atom stereocenters. The van der Waals surface area contributed by atoms with Gasteiger partial charge in [0.2, 0.25) is 0 Å². The molecule has 0 amide bonds. The van der Waals surface area contributed by atoms with E-state index in [0.29, 0.717) is 0 Å². The number of aliphatic hydroxyl groups excluding tert-OH is 5. The standard InChI is InChI=1S/C17H26O10/c1-15-4-8(20)7-3-17(15,16(7,6-19)14(24-2)27-15)26-13-12(23)11(22)10(21)9(5-18)25-13/h7,9-14,18-19,21-23H,3-6H2,1-2H3/t7-,9+,10+,11-,12+,13-,14?,15-,16-,17+/m0/s1. The molecule has 0 radical (unpaired) electrons. The van der Waals surface area contributed by atoms with Crippen molar-refractivity contribution in [3.05, 3.63) is 0 Å². The normalized spacial score (nSPS) is 56.9. The number of carbonyl (C=O) groups excluding carboxylic acids is 1. The number of fused-ring (bicyclic) bond motifs is 1. The van der Waals surface area contributed by atoms with E-state index in [4.69, 9.17) is 18.9 Å². The van der Waals surface area contributed by atoms with Gasteiger partial charge in [-0.1, -0.05) is 0 Å². The molecule has 5 fully saturated rings. The average Bonchev–Trinajstić information content (AvgIpc) is 2.71. The molecule has 0 aromatic rings. The lowest BCUT2D eigenvalue weighted by Gasteiger charge is -2.66. The van der Waals surface area contributed by atoms with Crippen LogP contribution in [-0.2, 0) is 23.7 Å². The molecule has 4 bridgehead atoms. The summed E-state index contributed by atoms with van der Waals surface area (Å²) in [5, 5.41) is 50.0. The van der Waals surface area contributed by atoms with Crippen LogP contribution in [0.15, 0.2) is 0 Å². The third-order valence-corrected chi connectivity index (χ3v) is 7.05. The Hall–Kier alpha value is -0.690. The van der Waals surface area contributed by atoms with Crippen molar-refractivity contribution >= 4 is 5.78 Å². The topological polar surface area (TPSA) is 155 Å². The summed E-state index contributed by atoms with van der Waals surface area (Å²) in [5.41, 5.74) is -3.48. The number of aliphatic hydroxyl groups is 5. The Labute approximate surface area is 155 Å². The zero-order valence-corrected chi connectivity index (χ0v) is 15.1. The fraction of sp³-hybridized carbons (Fsp3) is 0.941. The molecule has 10 heteroatoms. The molecule has 0 aromatic heterocycles. The van der Waals surface area contributed by atoms with Gasteiger partial charge in [-0.05, 0) is 13.3 Å². The van der Waals surface area contributed by atoms with E-state index in [2.05, 4.69) is 0 Å². The number of ketones is 1. The quantitative estimate of drug-likeness (QED) is 0.334. The Bertz CT molecular complexity index is 627. The van der Waals surface area contributed by atoms with Crippen LogP contribution in [0.2, 0.25) is 0 Å². The number of carbonyl (C=O) groups is 1. The summed E-state index contributed by atoms with van der Waals surface area (Å²) in [5.74, 6) is -0.571. The zero-order chi connectivity index (χ0) is 19.8. The highest BCUT2D eigenvalue weighted by Crippen LogP contribution is 2.74. The highest BCUT2D eigenvalue weighted by Gasteiger charge is 2.87. The Balaban J connectivity index is 1.70. The molecule has 2 heterocycles. The maximum Gasteiger partial charge on any atom is 0.187 e. The van der Waals surface area contributed by atoms with E-state index in [9.17, 15) is 30.3 Å². The highest BCUT2D eigenvalue weighted by atomic mass is 16.8. The number of rotatable bonds is 5. The molecule has 154 valence electrons. The fourth-order valence-corrected chi connectivity index (χ4v) is 5.57. The number of ether oxygens (including phenoxy) is 4. The van der Waals surface area contributed by atoms with Crippen LogP contribution in [0.4, 0.5) is 0 Å².